The van der Waals surface area contributed by atoms with E-state index in [0.29, 0.717) is 22.9 Å². The summed E-state index contributed by atoms with van der Waals surface area (Å²) in [5.41, 5.74) is 0.0247. The number of fused-ring (bicyclic) bond motifs is 1. The first kappa shape index (κ1) is 14.0. The maximum absolute atomic E-state index is 12.0. The number of aliphatic hydroxyl groups is 1. The monoisotopic (exact) mass is 307 g/mol. The molecule has 0 unspecified atom stereocenters. The highest BCUT2D eigenvalue weighted by Crippen LogP contribution is 2.47. The predicted molar refractivity (Wildman–Crippen MR) is 73.0 cm³/mol. The molecule has 2 N–H and O–H groups in total. The molecule has 21 heavy (non-hydrogen) atoms. The second-order valence-electron chi connectivity index (χ2n) is 4.81. The van der Waals surface area contributed by atoms with Gasteiger partial charge in [0.15, 0.2) is 5.16 Å². The number of β-lactam (4-membered cyclic amide) rings is 1. The van der Waals surface area contributed by atoms with E-state index in [1.54, 1.807) is 18.5 Å². The fraction of sp³-hybridized carbons (Fsp3) is 0.385. The molecule has 1 amide bonds. The SMILES string of the molecule is O=C(O)C1=C(Sc2ncccn2)C[C@@H]2[C@H](CCO)C(=O)N12. The number of amides is 1. The van der Waals surface area contributed by atoms with Crippen LogP contribution >= 0.6 is 11.8 Å². The van der Waals surface area contributed by atoms with Crippen LogP contribution in [0.2, 0.25) is 0 Å². The highest BCUT2D eigenvalue weighted by atomic mass is 32.2. The molecule has 0 aliphatic carbocycles. The van der Waals surface area contributed by atoms with Crippen LogP contribution in [0.25, 0.3) is 0 Å². The van der Waals surface area contributed by atoms with Crippen LogP contribution in [0.5, 0.6) is 0 Å². The first-order chi connectivity index (χ1) is 10.1. The van der Waals surface area contributed by atoms with Crippen molar-refractivity contribution >= 4 is 23.6 Å². The molecule has 0 bridgehead atoms. The molecule has 0 saturated carbocycles. The summed E-state index contributed by atoms with van der Waals surface area (Å²) < 4.78 is 0. The number of aliphatic hydroxyl groups excluding tert-OH is 1. The van der Waals surface area contributed by atoms with Gasteiger partial charge in [-0.05, 0) is 12.5 Å². The van der Waals surface area contributed by atoms with Crippen LogP contribution in [0.3, 0.4) is 0 Å². The molecule has 0 aromatic carbocycles. The zero-order chi connectivity index (χ0) is 15.0. The lowest BCUT2D eigenvalue weighted by Gasteiger charge is -2.43. The average molecular weight is 307 g/mol. The minimum atomic E-state index is -1.12. The van der Waals surface area contributed by atoms with Crippen molar-refractivity contribution in [1.82, 2.24) is 14.9 Å². The van der Waals surface area contributed by atoms with Gasteiger partial charge in [0.2, 0.25) is 5.91 Å². The number of carboxylic acid groups (broad SMARTS) is 1. The van der Waals surface area contributed by atoms with Gasteiger partial charge in [-0.15, -0.1) is 0 Å². The number of thioether (sulfide) groups is 1. The standard InChI is InChI=1S/C13H13N3O4S/c17-5-2-7-8-6-9(21-13-14-3-1-4-15-13)10(12(19)20)16(8)11(7)18/h1,3-4,7-8,17H,2,5-6H2,(H,19,20)/t7-,8+/m0/s1. The van der Waals surface area contributed by atoms with E-state index in [2.05, 4.69) is 9.97 Å². The van der Waals surface area contributed by atoms with Crippen LogP contribution in [0.15, 0.2) is 34.2 Å². The third kappa shape index (κ3) is 2.30. The van der Waals surface area contributed by atoms with Gasteiger partial charge < -0.3 is 15.1 Å². The van der Waals surface area contributed by atoms with Gasteiger partial charge in [0, 0.05) is 30.3 Å². The van der Waals surface area contributed by atoms with Crippen LogP contribution in [0.4, 0.5) is 0 Å². The maximum atomic E-state index is 12.0. The number of carbonyl (C=O) groups is 2. The lowest BCUT2D eigenvalue weighted by molar-refractivity contribution is -0.155. The molecule has 8 heteroatoms. The summed E-state index contributed by atoms with van der Waals surface area (Å²) >= 11 is 1.18. The number of aromatic nitrogens is 2. The third-order valence-electron chi connectivity index (χ3n) is 3.65. The second kappa shape index (κ2) is 5.45. The van der Waals surface area contributed by atoms with E-state index in [0.717, 1.165) is 0 Å². The Hall–Kier alpha value is -1.93. The summed E-state index contributed by atoms with van der Waals surface area (Å²) in [4.78, 5) is 33.5. The predicted octanol–water partition coefficient (Wildman–Crippen LogP) is 0.478. The van der Waals surface area contributed by atoms with Crippen molar-refractivity contribution in [3.63, 3.8) is 0 Å². The lowest BCUT2D eigenvalue weighted by atomic mass is 9.85. The summed E-state index contributed by atoms with van der Waals surface area (Å²) in [5.74, 6) is -1.64. The molecule has 2 aliphatic heterocycles. The number of nitrogens with zero attached hydrogens (tertiary/aromatic N) is 3. The molecule has 2 aliphatic rings. The molecule has 0 spiro atoms. The van der Waals surface area contributed by atoms with Crippen molar-refractivity contribution in [1.29, 1.82) is 0 Å². The number of hydrogen-bond donors (Lipinski definition) is 2. The summed E-state index contributed by atoms with van der Waals surface area (Å²) in [5, 5.41) is 18.8. The normalized spacial score (nSPS) is 24.0. The van der Waals surface area contributed by atoms with Crippen molar-refractivity contribution < 1.29 is 19.8 Å². The highest BCUT2D eigenvalue weighted by Gasteiger charge is 2.54. The van der Waals surface area contributed by atoms with E-state index in [1.165, 1.54) is 16.7 Å². The van der Waals surface area contributed by atoms with Gasteiger partial charge >= 0.3 is 5.97 Å². The number of aliphatic carboxylic acids is 1. The molecule has 1 saturated heterocycles. The Labute approximate surface area is 124 Å². The Bertz CT molecular complexity index is 619. The minimum absolute atomic E-state index is 0.0247. The molecule has 3 rings (SSSR count). The number of rotatable bonds is 5. The molecule has 1 aromatic rings. The Morgan fingerprint density at radius 2 is 2.14 bits per heavy atom. The Kier molecular flexibility index (Phi) is 3.64. The molecule has 0 radical (unpaired) electrons. The Morgan fingerprint density at radius 1 is 1.43 bits per heavy atom. The maximum Gasteiger partial charge on any atom is 0.353 e. The summed E-state index contributed by atoms with van der Waals surface area (Å²) in [6.45, 7) is -0.0760. The highest BCUT2D eigenvalue weighted by molar-refractivity contribution is 8.03. The van der Waals surface area contributed by atoms with Gasteiger partial charge in [0.1, 0.15) is 5.70 Å². The van der Waals surface area contributed by atoms with Gasteiger partial charge in [-0.2, -0.15) is 0 Å². The summed E-state index contributed by atoms with van der Waals surface area (Å²) in [7, 11) is 0. The quantitative estimate of drug-likeness (QED) is 0.602. The zero-order valence-corrected chi connectivity index (χ0v) is 11.8. The van der Waals surface area contributed by atoms with Crippen molar-refractivity contribution in [2.75, 3.05) is 6.61 Å². The van der Waals surface area contributed by atoms with E-state index in [-0.39, 0.29) is 30.2 Å². The van der Waals surface area contributed by atoms with E-state index in [1.807, 2.05) is 0 Å². The van der Waals surface area contributed by atoms with E-state index < -0.39 is 5.97 Å². The van der Waals surface area contributed by atoms with Gasteiger partial charge in [-0.3, -0.25) is 4.79 Å². The number of carboxylic acids is 1. The van der Waals surface area contributed by atoms with E-state index >= 15 is 0 Å². The van der Waals surface area contributed by atoms with Crippen LogP contribution in [-0.2, 0) is 9.59 Å². The van der Waals surface area contributed by atoms with Crippen LogP contribution in [0, 0.1) is 5.92 Å². The van der Waals surface area contributed by atoms with Crippen LogP contribution in [-0.4, -0.2) is 49.6 Å². The fourth-order valence-electron chi connectivity index (χ4n) is 2.75. The minimum Gasteiger partial charge on any atom is -0.477 e. The first-order valence-electron chi connectivity index (χ1n) is 6.48. The van der Waals surface area contributed by atoms with Crippen LogP contribution in [0.1, 0.15) is 12.8 Å². The third-order valence-corrected chi connectivity index (χ3v) is 4.65. The fourth-order valence-corrected chi connectivity index (χ4v) is 3.73. The lowest BCUT2D eigenvalue weighted by Crippen LogP contribution is -2.58. The van der Waals surface area contributed by atoms with E-state index in [4.69, 9.17) is 5.11 Å². The van der Waals surface area contributed by atoms with E-state index in [9.17, 15) is 14.7 Å². The molecule has 7 nitrogen and oxygen atoms in total. The largest absolute Gasteiger partial charge is 0.477 e. The van der Waals surface area contributed by atoms with Crippen LogP contribution < -0.4 is 0 Å². The van der Waals surface area contributed by atoms with Gasteiger partial charge in [-0.1, -0.05) is 11.8 Å². The first-order valence-corrected chi connectivity index (χ1v) is 7.30. The Morgan fingerprint density at radius 3 is 2.76 bits per heavy atom. The summed E-state index contributed by atoms with van der Waals surface area (Å²) in [6.07, 6.45) is 4.01. The molecule has 110 valence electrons. The smallest absolute Gasteiger partial charge is 0.353 e. The molecule has 1 aromatic heterocycles. The topological polar surface area (TPSA) is 104 Å². The van der Waals surface area contributed by atoms with Crippen molar-refractivity contribution in [3.8, 4) is 0 Å². The van der Waals surface area contributed by atoms with Crippen molar-refractivity contribution in [2.45, 2.75) is 24.0 Å². The molecular weight excluding hydrogens is 294 g/mol. The second-order valence-corrected chi connectivity index (χ2v) is 5.87. The molecule has 3 heterocycles. The number of carbonyl (C=O) groups excluding carboxylic acids is 1. The molecule has 2 atom stereocenters. The van der Waals surface area contributed by atoms with Crippen molar-refractivity contribution in [2.24, 2.45) is 5.92 Å². The van der Waals surface area contributed by atoms with Crippen molar-refractivity contribution in [3.05, 3.63) is 29.1 Å². The average Bonchev–Trinajstić information content (AvgIpc) is 2.81. The zero-order valence-electron chi connectivity index (χ0n) is 11.0. The van der Waals surface area contributed by atoms with Gasteiger partial charge in [0.25, 0.3) is 0 Å². The number of hydrogen-bond acceptors (Lipinski definition) is 6. The van der Waals surface area contributed by atoms with Gasteiger partial charge in [-0.25, -0.2) is 14.8 Å². The Balaban J connectivity index is 1.86. The molecular formula is C13H13N3O4S. The molecule has 1 fully saturated rings. The van der Waals surface area contributed by atoms with Gasteiger partial charge in [0.05, 0.1) is 12.0 Å². The summed E-state index contributed by atoms with van der Waals surface area (Å²) in [6, 6.07) is 1.51.